The van der Waals surface area contributed by atoms with E-state index >= 15 is 0 Å². The van der Waals surface area contributed by atoms with Gasteiger partial charge < -0.3 is 10.8 Å². The Hall–Kier alpha value is -1.33. The van der Waals surface area contributed by atoms with E-state index in [-0.39, 0.29) is 16.5 Å². The maximum atomic E-state index is 10.5. The average molecular weight is 217 g/mol. The zero-order valence-electron chi connectivity index (χ0n) is 7.24. The fraction of sp³-hybridized carbons (Fsp3) is 0.250. The molecule has 0 spiro atoms. The number of nitro groups is 1. The van der Waals surface area contributed by atoms with E-state index < -0.39 is 4.92 Å². The molecular weight excluding hydrogens is 208 g/mol. The number of phenolic OH excluding ortho intramolecular Hbond substituents is 1. The molecule has 5 nitrogen and oxygen atoms in total. The van der Waals surface area contributed by atoms with Gasteiger partial charge in [0, 0.05) is 16.7 Å². The molecule has 1 aromatic rings. The Bertz CT molecular complexity index is 368. The van der Waals surface area contributed by atoms with Crippen LogP contribution in [0.3, 0.4) is 0 Å². The van der Waals surface area contributed by atoms with E-state index in [4.69, 9.17) is 17.3 Å². The number of rotatable bonds is 3. The molecule has 14 heavy (non-hydrogen) atoms. The molecule has 0 fully saturated rings. The first-order valence-corrected chi connectivity index (χ1v) is 4.30. The van der Waals surface area contributed by atoms with Crippen molar-refractivity contribution in [2.75, 3.05) is 6.54 Å². The van der Waals surface area contributed by atoms with Gasteiger partial charge in [0.25, 0.3) is 0 Å². The van der Waals surface area contributed by atoms with Gasteiger partial charge in [0.05, 0.1) is 4.92 Å². The minimum atomic E-state index is -0.679. The van der Waals surface area contributed by atoms with Crippen LogP contribution in [0.4, 0.5) is 5.69 Å². The maximum absolute atomic E-state index is 10.5. The van der Waals surface area contributed by atoms with Crippen LogP contribution in [0, 0.1) is 10.1 Å². The van der Waals surface area contributed by atoms with Crippen molar-refractivity contribution in [1.29, 1.82) is 0 Å². The lowest BCUT2D eigenvalue weighted by Crippen LogP contribution is -2.03. The lowest BCUT2D eigenvalue weighted by molar-refractivity contribution is -0.385. The lowest BCUT2D eigenvalue weighted by Gasteiger charge is -2.04. The summed E-state index contributed by atoms with van der Waals surface area (Å²) in [5, 5.41) is 20.2. The van der Waals surface area contributed by atoms with Crippen LogP contribution in [0.25, 0.3) is 0 Å². The van der Waals surface area contributed by atoms with Crippen molar-refractivity contribution < 1.29 is 10.0 Å². The molecule has 0 aliphatic heterocycles. The molecule has 0 radical (unpaired) electrons. The van der Waals surface area contributed by atoms with Crippen molar-refractivity contribution in [2.45, 2.75) is 6.42 Å². The number of aromatic hydroxyl groups is 1. The molecule has 0 amide bonds. The highest BCUT2D eigenvalue weighted by molar-refractivity contribution is 6.31. The topological polar surface area (TPSA) is 89.4 Å². The number of hydrogen-bond donors (Lipinski definition) is 2. The summed E-state index contributed by atoms with van der Waals surface area (Å²) >= 11 is 5.65. The Morgan fingerprint density at radius 1 is 1.57 bits per heavy atom. The van der Waals surface area contributed by atoms with Crippen LogP contribution < -0.4 is 5.73 Å². The van der Waals surface area contributed by atoms with Crippen molar-refractivity contribution in [1.82, 2.24) is 0 Å². The number of nitro benzene ring substituents is 1. The van der Waals surface area contributed by atoms with Crippen LogP contribution in [-0.4, -0.2) is 16.6 Å². The van der Waals surface area contributed by atoms with Crippen LogP contribution in [0.15, 0.2) is 12.1 Å². The van der Waals surface area contributed by atoms with Gasteiger partial charge in [-0.2, -0.15) is 0 Å². The van der Waals surface area contributed by atoms with Gasteiger partial charge in [-0.1, -0.05) is 11.6 Å². The van der Waals surface area contributed by atoms with Crippen molar-refractivity contribution in [3.05, 3.63) is 32.8 Å². The first kappa shape index (κ1) is 10.7. The number of nitrogens with zero attached hydrogens (tertiary/aromatic N) is 1. The summed E-state index contributed by atoms with van der Waals surface area (Å²) in [7, 11) is 0. The summed E-state index contributed by atoms with van der Waals surface area (Å²) in [5.41, 5.74) is 5.29. The van der Waals surface area contributed by atoms with Gasteiger partial charge in [0.1, 0.15) is 0 Å². The Kier molecular flexibility index (Phi) is 3.27. The van der Waals surface area contributed by atoms with E-state index in [1.807, 2.05) is 0 Å². The Morgan fingerprint density at radius 2 is 2.21 bits per heavy atom. The van der Waals surface area contributed by atoms with Gasteiger partial charge in [-0.05, 0) is 19.0 Å². The zero-order chi connectivity index (χ0) is 10.7. The smallest absolute Gasteiger partial charge is 0.312 e. The summed E-state index contributed by atoms with van der Waals surface area (Å²) in [4.78, 5) is 9.81. The van der Waals surface area contributed by atoms with Gasteiger partial charge in [-0.15, -0.1) is 0 Å². The second-order valence-electron chi connectivity index (χ2n) is 2.73. The van der Waals surface area contributed by atoms with Crippen LogP contribution >= 0.6 is 11.6 Å². The Labute approximate surface area is 85.3 Å². The van der Waals surface area contributed by atoms with Crippen molar-refractivity contribution in [3.8, 4) is 5.75 Å². The highest BCUT2D eigenvalue weighted by Crippen LogP contribution is 2.33. The third-order valence-corrected chi connectivity index (χ3v) is 1.96. The fourth-order valence-electron chi connectivity index (χ4n) is 1.13. The summed E-state index contributed by atoms with van der Waals surface area (Å²) in [6.07, 6.45) is 0.354. The van der Waals surface area contributed by atoms with Gasteiger partial charge in [-0.3, -0.25) is 10.1 Å². The molecule has 76 valence electrons. The van der Waals surface area contributed by atoms with E-state index in [1.165, 1.54) is 6.07 Å². The van der Waals surface area contributed by atoms with E-state index in [2.05, 4.69) is 0 Å². The van der Waals surface area contributed by atoms with E-state index in [1.54, 1.807) is 0 Å². The van der Waals surface area contributed by atoms with Crippen LogP contribution in [-0.2, 0) is 6.42 Å². The van der Waals surface area contributed by atoms with E-state index in [0.29, 0.717) is 18.5 Å². The van der Waals surface area contributed by atoms with Crippen molar-refractivity contribution >= 4 is 17.3 Å². The standard InChI is InChI=1S/C8H9ClN2O3/c9-6-3-5(1-2-10)8(12)7(4-6)11(13)14/h3-4,12H,1-2,10H2. The van der Waals surface area contributed by atoms with Crippen LogP contribution in [0.5, 0.6) is 5.75 Å². The molecule has 0 atom stereocenters. The Morgan fingerprint density at radius 3 is 2.71 bits per heavy atom. The minimum Gasteiger partial charge on any atom is -0.502 e. The van der Waals surface area contributed by atoms with Gasteiger partial charge >= 0.3 is 5.69 Å². The summed E-state index contributed by atoms with van der Waals surface area (Å²) in [5.74, 6) is -0.357. The third-order valence-electron chi connectivity index (χ3n) is 1.74. The predicted octanol–water partition coefficient (Wildman–Crippen LogP) is 1.45. The second-order valence-corrected chi connectivity index (χ2v) is 3.16. The fourth-order valence-corrected chi connectivity index (χ4v) is 1.36. The normalized spacial score (nSPS) is 10.1. The average Bonchev–Trinajstić information content (AvgIpc) is 2.10. The SMILES string of the molecule is NCCc1cc(Cl)cc([N+](=O)[O-])c1O. The molecule has 0 aliphatic carbocycles. The molecule has 0 bridgehead atoms. The van der Waals surface area contributed by atoms with Crippen molar-refractivity contribution in [3.63, 3.8) is 0 Å². The van der Waals surface area contributed by atoms with E-state index in [0.717, 1.165) is 6.07 Å². The summed E-state index contributed by atoms with van der Waals surface area (Å²) in [6.45, 7) is 0.297. The number of hydrogen-bond acceptors (Lipinski definition) is 4. The monoisotopic (exact) mass is 216 g/mol. The first-order valence-electron chi connectivity index (χ1n) is 3.92. The summed E-state index contributed by atoms with van der Waals surface area (Å²) < 4.78 is 0. The quantitative estimate of drug-likeness (QED) is 0.591. The molecule has 0 saturated heterocycles. The molecule has 3 N–H and O–H groups in total. The van der Waals surface area contributed by atoms with Crippen LogP contribution in [0.1, 0.15) is 5.56 Å². The highest BCUT2D eigenvalue weighted by Gasteiger charge is 2.17. The predicted molar refractivity (Wildman–Crippen MR) is 52.5 cm³/mol. The molecule has 0 heterocycles. The number of nitrogens with two attached hydrogens (primary N) is 1. The van der Waals surface area contributed by atoms with Gasteiger partial charge in [0.15, 0.2) is 5.75 Å². The molecule has 1 rings (SSSR count). The van der Waals surface area contributed by atoms with Crippen molar-refractivity contribution in [2.24, 2.45) is 5.73 Å². The van der Waals surface area contributed by atoms with Gasteiger partial charge in [0.2, 0.25) is 0 Å². The Balaban J connectivity index is 3.24. The lowest BCUT2D eigenvalue weighted by atomic mass is 10.1. The zero-order valence-corrected chi connectivity index (χ0v) is 7.99. The molecule has 1 aromatic carbocycles. The molecule has 0 unspecified atom stereocenters. The maximum Gasteiger partial charge on any atom is 0.312 e. The van der Waals surface area contributed by atoms with Crippen LogP contribution in [0.2, 0.25) is 5.02 Å². The van der Waals surface area contributed by atoms with E-state index in [9.17, 15) is 15.2 Å². The largest absolute Gasteiger partial charge is 0.502 e. The number of halogens is 1. The number of benzene rings is 1. The molecular formula is C8H9ClN2O3. The highest BCUT2D eigenvalue weighted by atomic mass is 35.5. The van der Waals surface area contributed by atoms with Gasteiger partial charge in [-0.25, -0.2) is 0 Å². The molecule has 0 saturated carbocycles. The molecule has 0 aromatic heterocycles. The second kappa shape index (κ2) is 4.26. The minimum absolute atomic E-state index is 0.220. The third kappa shape index (κ3) is 2.12. The summed E-state index contributed by atoms with van der Waals surface area (Å²) in [6, 6.07) is 2.58. The molecule has 0 aliphatic rings. The first-order chi connectivity index (χ1) is 6.56. The molecule has 6 heteroatoms. The number of phenols is 1.